The van der Waals surface area contributed by atoms with Crippen LogP contribution in [0.4, 0.5) is 15.8 Å². The lowest BCUT2D eigenvalue weighted by Crippen LogP contribution is -2.23. The number of halogens is 1. The second-order valence-corrected chi connectivity index (χ2v) is 7.31. The van der Waals surface area contributed by atoms with Crippen molar-refractivity contribution in [3.05, 3.63) is 70.9 Å². The molecule has 32 heavy (non-hydrogen) atoms. The van der Waals surface area contributed by atoms with E-state index >= 15 is 0 Å². The third-order valence-electron chi connectivity index (χ3n) is 4.74. The molecule has 3 rings (SSSR count). The van der Waals surface area contributed by atoms with Crippen molar-refractivity contribution in [3.8, 4) is 16.9 Å². The number of methoxy groups -OCH3 is 1. The minimum absolute atomic E-state index is 0.111. The number of pyridine rings is 1. The highest BCUT2D eigenvalue weighted by molar-refractivity contribution is 7.80. The molecule has 2 aromatic carbocycles. The SMILES string of the molecule is CCCCn1ccc(-c2cc(F)ccc2OC)c(NC)c1=O.O=CNc1ccccc1S. The van der Waals surface area contributed by atoms with Crippen LogP contribution in [0.2, 0.25) is 0 Å². The van der Waals surface area contributed by atoms with Crippen LogP contribution in [-0.2, 0) is 11.3 Å². The van der Waals surface area contributed by atoms with Gasteiger partial charge in [0, 0.05) is 35.8 Å². The Hall–Kier alpha value is -3.26. The summed E-state index contributed by atoms with van der Waals surface area (Å²) < 4.78 is 20.5. The Labute approximate surface area is 192 Å². The molecular weight excluding hydrogens is 429 g/mol. The van der Waals surface area contributed by atoms with E-state index in [2.05, 4.69) is 30.2 Å². The van der Waals surface area contributed by atoms with E-state index in [-0.39, 0.29) is 11.4 Å². The lowest BCUT2D eigenvalue weighted by atomic mass is 10.0. The summed E-state index contributed by atoms with van der Waals surface area (Å²) in [4.78, 5) is 23.3. The number of nitrogens with one attached hydrogen (secondary N) is 2. The molecule has 0 unspecified atom stereocenters. The van der Waals surface area contributed by atoms with Gasteiger partial charge in [0.05, 0.1) is 12.8 Å². The van der Waals surface area contributed by atoms with Crippen LogP contribution in [0, 0.1) is 5.82 Å². The molecule has 0 saturated carbocycles. The number of para-hydroxylation sites is 1. The Morgan fingerprint density at radius 2 is 1.91 bits per heavy atom. The molecule has 0 atom stereocenters. The summed E-state index contributed by atoms with van der Waals surface area (Å²) in [6, 6.07) is 13.4. The van der Waals surface area contributed by atoms with E-state index in [0.29, 0.717) is 35.5 Å². The summed E-state index contributed by atoms with van der Waals surface area (Å²) in [6.07, 6.45) is 4.33. The van der Waals surface area contributed by atoms with Crippen molar-refractivity contribution in [2.24, 2.45) is 0 Å². The molecule has 0 spiro atoms. The Kier molecular flexibility index (Phi) is 9.81. The summed E-state index contributed by atoms with van der Waals surface area (Å²) in [5.74, 6) is 0.164. The van der Waals surface area contributed by atoms with Gasteiger partial charge in [0.15, 0.2) is 0 Å². The van der Waals surface area contributed by atoms with Crippen molar-refractivity contribution < 1.29 is 13.9 Å². The molecule has 0 bridgehead atoms. The molecule has 8 heteroatoms. The van der Waals surface area contributed by atoms with Gasteiger partial charge in [-0.25, -0.2) is 4.39 Å². The zero-order chi connectivity index (χ0) is 23.5. The van der Waals surface area contributed by atoms with Gasteiger partial charge in [0.1, 0.15) is 17.3 Å². The summed E-state index contributed by atoms with van der Waals surface area (Å²) in [5.41, 5.74) is 2.27. The minimum Gasteiger partial charge on any atom is -0.496 e. The number of nitrogens with zero attached hydrogens (tertiary/aromatic N) is 1. The zero-order valence-electron chi connectivity index (χ0n) is 18.4. The van der Waals surface area contributed by atoms with Gasteiger partial charge in [0.25, 0.3) is 5.56 Å². The fourth-order valence-electron chi connectivity index (χ4n) is 3.09. The molecule has 2 N–H and O–H groups in total. The zero-order valence-corrected chi connectivity index (χ0v) is 19.3. The number of anilines is 2. The van der Waals surface area contributed by atoms with E-state index in [1.807, 2.05) is 24.3 Å². The quantitative estimate of drug-likeness (QED) is 0.327. The Morgan fingerprint density at radius 1 is 1.16 bits per heavy atom. The number of carbonyl (C=O) groups excluding carboxylic acids is 1. The van der Waals surface area contributed by atoms with Gasteiger partial charge in [-0.3, -0.25) is 9.59 Å². The van der Waals surface area contributed by atoms with Gasteiger partial charge in [-0.15, -0.1) is 12.6 Å². The normalized spacial score (nSPS) is 10.0. The number of carbonyl (C=O) groups is 1. The molecule has 0 fully saturated rings. The largest absolute Gasteiger partial charge is 0.496 e. The third kappa shape index (κ3) is 6.37. The molecule has 0 aliphatic rings. The van der Waals surface area contributed by atoms with Crippen LogP contribution in [0.15, 0.2) is 64.4 Å². The van der Waals surface area contributed by atoms with E-state index < -0.39 is 0 Å². The van der Waals surface area contributed by atoms with Crippen molar-refractivity contribution in [3.63, 3.8) is 0 Å². The molecule has 0 aliphatic carbocycles. The molecule has 3 aromatic rings. The van der Waals surface area contributed by atoms with Crippen LogP contribution < -0.4 is 20.9 Å². The topological polar surface area (TPSA) is 72.4 Å². The summed E-state index contributed by atoms with van der Waals surface area (Å²) >= 11 is 4.11. The van der Waals surface area contributed by atoms with Gasteiger partial charge in [-0.05, 0) is 42.8 Å². The predicted molar refractivity (Wildman–Crippen MR) is 130 cm³/mol. The molecule has 170 valence electrons. The van der Waals surface area contributed by atoms with Crippen molar-refractivity contribution in [1.82, 2.24) is 4.57 Å². The molecule has 0 radical (unpaired) electrons. The maximum Gasteiger partial charge on any atom is 0.274 e. The first-order chi connectivity index (χ1) is 15.5. The number of benzene rings is 2. The van der Waals surface area contributed by atoms with Crippen LogP contribution in [0.25, 0.3) is 11.1 Å². The van der Waals surface area contributed by atoms with E-state index in [1.165, 1.54) is 19.2 Å². The van der Waals surface area contributed by atoms with Crippen LogP contribution in [0.3, 0.4) is 0 Å². The van der Waals surface area contributed by atoms with Crippen molar-refractivity contribution >= 4 is 30.4 Å². The van der Waals surface area contributed by atoms with Crippen LogP contribution in [0.1, 0.15) is 19.8 Å². The fourth-order valence-corrected chi connectivity index (χ4v) is 3.32. The standard InChI is InChI=1S/C17H21FN2O2.C7H7NOS/c1-4-5-9-20-10-8-13(16(19-2)17(20)21)14-11-12(18)6-7-15(14)22-3;9-5-8-6-3-1-2-4-7(6)10/h6-8,10-11,19H,4-5,9H2,1-3H3;1-5,10H,(H,8,9). The van der Waals surface area contributed by atoms with Crippen LogP contribution >= 0.6 is 12.6 Å². The van der Waals surface area contributed by atoms with Gasteiger partial charge in [-0.1, -0.05) is 25.5 Å². The number of aryl methyl sites for hydroxylation is 1. The summed E-state index contributed by atoms with van der Waals surface area (Å²) in [5, 5.41) is 5.46. The van der Waals surface area contributed by atoms with E-state index in [1.54, 1.807) is 29.9 Å². The second kappa shape index (κ2) is 12.6. The van der Waals surface area contributed by atoms with Crippen LogP contribution in [-0.4, -0.2) is 25.1 Å². The second-order valence-electron chi connectivity index (χ2n) is 6.83. The number of aromatic nitrogens is 1. The van der Waals surface area contributed by atoms with Gasteiger partial charge < -0.3 is 19.9 Å². The highest BCUT2D eigenvalue weighted by atomic mass is 32.1. The lowest BCUT2D eigenvalue weighted by Gasteiger charge is -2.15. The molecule has 6 nitrogen and oxygen atoms in total. The highest BCUT2D eigenvalue weighted by Crippen LogP contribution is 2.33. The first kappa shape index (κ1) is 25.0. The molecule has 1 amide bonds. The highest BCUT2D eigenvalue weighted by Gasteiger charge is 2.15. The first-order valence-electron chi connectivity index (χ1n) is 10.2. The summed E-state index contributed by atoms with van der Waals surface area (Å²) in [6.45, 7) is 2.75. The van der Waals surface area contributed by atoms with E-state index in [0.717, 1.165) is 23.4 Å². The Balaban J connectivity index is 0.000000303. The van der Waals surface area contributed by atoms with Gasteiger partial charge >= 0.3 is 0 Å². The van der Waals surface area contributed by atoms with Crippen LogP contribution in [0.5, 0.6) is 5.75 Å². The average molecular weight is 458 g/mol. The monoisotopic (exact) mass is 457 g/mol. The number of thiol groups is 1. The van der Waals surface area contributed by atoms with Gasteiger partial charge in [-0.2, -0.15) is 0 Å². The molecule has 1 aromatic heterocycles. The number of amides is 1. The Bertz CT molecular complexity index is 1100. The average Bonchev–Trinajstić information content (AvgIpc) is 2.80. The fraction of sp³-hybridized carbons (Fsp3) is 0.250. The van der Waals surface area contributed by atoms with Gasteiger partial charge in [0.2, 0.25) is 6.41 Å². The molecule has 1 heterocycles. The number of hydrogen-bond acceptors (Lipinski definition) is 5. The van der Waals surface area contributed by atoms with Crippen molar-refractivity contribution in [1.29, 1.82) is 0 Å². The van der Waals surface area contributed by atoms with E-state index in [4.69, 9.17) is 4.74 Å². The predicted octanol–water partition coefficient (Wildman–Crippen LogP) is 5.05. The number of hydrogen-bond donors (Lipinski definition) is 3. The molecule has 0 saturated heterocycles. The molecular formula is C24H28FN3O3S. The number of ether oxygens (including phenoxy) is 1. The number of unbranched alkanes of at least 4 members (excludes halogenated alkanes) is 1. The Morgan fingerprint density at radius 3 is 2.53 bits per heavy atom. The summed E-state index contributed by atoms with van der Waals surface area (Å²) in [7, 11) is 3.22. The maximum atomic E-state index is 13.6. The minimum atomic E-state index is -0.368. The lowest BCUT2D eigenvalue weighted by molar-refractivity contribution is -0.105. The third-order valence-corrected chi connectivity index (χ3v) is 5.13. The first-order valence-corrected chi connectivity index (χ1v) is 10.6. The van der Waals surface area contributed by atoms with E-state index in [9.17, 15) is 14.0 Å². The smallest absolute Gasteiger partial charge is 0.274 e. The maximum absolute atomic E-state index is 13.6. The van der Waals surface area contributed by atoms with Crippen molar-refractivity contribution in [2.45, 2.75) is 31.2 Å². The molecule has 0 aliphatic heterocycles. The van der Waals surface area contributed by atoms with Crippen molar-refractivity contribution in [2.75, 3.05) is 24.8 Å². The number of rotatable bonds is 8.